The molecule has 27 heavy (non-hydrogen) atoms. The Bertz CT molecular complexity index is 903. The normalized spacial score (nSPS) is 12.3. The van der Waals surface area contributed by atoms with E-state index in [4.69, 9.17) is 16.6 Å². The third-order valence-electron chi connectivity index (χ3n) is 4.45. The second-order valence-corrected chi connectivity index (χ2v) is 7.15. The van der Waals surface area contributed by atoms with Crippen LogP contribution in [-0.4, -0.2) is 33.2 Å². The predicted molar refractivity (Wildman–Crippen MR) is 108 cm³/mol. The van der Waals surface area contributed by atoms with Gasteiger partial charge in [-0.05, 0) is 43.2 Å². The van der Waals surface area contributed by atoms with Crippen LogP contribution in [0.5, 0.6) is 0 Å². The fourth-order valence-corrected chi connectivity index (χ4v) is 3.13. The van der Waals surface area contributed by atoms with Crippen LogP contribution in [0, 0.1) is 0 Å². The lowest BCUT2D eigenvalue weighted by Gasteiger charge is -2.11. The van der Waals surface area contributed by atoms with E-state index in [0.717, 1.165) is 27.4 Å². The summed E-state index contributed by atoms with van der Waals surface area (Å²) in [6.45, 7) is 2.90. The molecule has 3 rings (SSSR count). The molecule has 2 aromatic carbocycles. The molecule has 1 aromatic heterocycles. The van der Waals surface area contributed by atoms with E-state index < -0.39 is 6.10 Å². The molecule has 3 aromatic rings. The van der Waals surface area contributed by atoms with Crippen molar-refractivity contribution in [3.05, 3.63) is 64.9 Å². The average molecular weight is 386 g/mol. The van der Waals surface area contributed by atoms with Crippen molar-refractivity contribution in [3.8, 4) is 0 Å². The largest absolute Gasteiger partial charge is 0.393 e. The summed E-state index contributed by atoms with van der Waals surface area (Å²) in [6, 6.07) is 15.8. The molecule has 1 atom stereocenters. The van der Waals surface area contributed by atoms with Crippen molar-refractivity contribution in [1.82, 2.24) is 14.9 Å². The lowest BCUT2D eigenvalue weighted by molar-refractivity contribution is -0.121. The fourth-order valence-electron chi connectivity index (χ4n) is 3.01. The van der Waals surface area contributed by atoms with Gasteiger partial charge < -0.3 is 15.0 Å². The Hall–Kier alpha value is -2.37. The van der Waals surface area contributed by atoms with Crippen molar-refractivity contribution in [3.63, 3.8) is 0 Å². The van der Waals surface area contributed by atoms with Crippen LogP contribution < -0.4 is 5.32 Å². The number of aromatic nitrogens is 2. The Balaban J connectivity index is 1.72. The van der Waals surface area contributed by atoms with Crippen molar-refractivity contribution in [2.75, 3.05) is 6.54 Å². The monoisotopic (exact) mass is 385 g/mol. The molecule has 0 aliphatic rings. The molecule has 0 fully saturated rings. The highest BCUT2D eigenvalue weighted by molar-refractivity contribution is 6.30. The zero-order valence-electron chi connectivity index (χ0n) is 15.4. The van der Waals surface area contributed by atoms with Gasteiger partial charge in [-0.3, -0.25) is 4.79 Å². The lowest BCUT2D eigenvalue weighted by atomic mass is 10.2. The number of aliphatic hydroxyl groups excluding tert-OH is 1. The number of hydrogen-bond donors (Lipinski definition) is 2. The number of hydrogen-bond acceptors (Lipinski definition) is 3. The molecule has 0 aliphatic carbocycles. The smallest absolute Gasteiger partial charge is 0.220 e. The summed E-state index contributed by atoms with van der Waals surface area (Å²) in [4.78, 5) is 16.6. The van der Waals surface area contributed by atoms with Crippen LogP contribution in [-0.2, 0) is 17.8 Å². The lowest BCUT2D eigenvalue weighted by Crippen LogP contribution is -2.27. The number of fused-ring (bicyclic) bond motifs is 1. The minimum Gasteiger partial charge on any atom is -0.393 e. The van der Waals surface area contributed by atoms with Crippen LogP contribution in [0.15, 0.2) is 48.5 Å². The minimum atomic E-state index is -0.459. The maximum atomic E-state index is 11.9. The van der Waals surface area contributed by atoms with Gasteiger partial charge in [0.2, 0.25) is 5.91 Å². The van der Waals surface area contributed by atoms with Gasteiger partial charge in [0.1, 0.15) is 5.82 Å². The number of para-hydroxylation sites is 2. The summed E-state index contributed by atoms with van der Waals surface area (Å²) >= 11 is 5.99. The van der Waals surface area contributed by atoms with Crippen molar-refractivity contribution in [2.24, 2.45) is 0 Å². The Labute approximate surface area is 164 Å². The highest BCUT2D eigenvalue weighted by Gasteiger charge is 2.12. The molecule has 1 heterocycles. The van der Waals surface area contributed by atoms with Crippen LogP contribution >= 0.6 is 11.6 Å². The number of carbonyl (C=O) groups is 1. The number of imidazole rings is 1. The van der Waals surface area contributed by atoms with E-state index in [1.54, 1.807) is 6.92 Å². The van der Waals surface area contributed by atoms with Gasteiger partial charge in [0, 0.05) is 31.0 Å². The van der Waals surface area contributed by atoms with Gasteiger partial charge in [0.05, 0.1) is 17.1 Å². The second-order valence-electron chi connectivity index (χ2n) is 6.72. The van der Waals surface area contributed by atoms with E-state index >= 15 is 0 Å². The summed E-state index contributed by atoms with van der Waals surface area (Å²) in [5.41, 5.74) is 3.16. The minimum absolute atomic E-state index is 0.0451. The summed E-state index contributed by atoms with van der Waals surface area (Å²) in [5, 5.41) is 12.9. The molecule has 6 heteroatoms. The quantitative estimate of drug-likeness (QED) is 0.623. The standard InChI is InChI=1S/C21H24ClN3O2/c1-15(26)6-11-21(27)23-13-12-20-24-18-4-2-3-5-19(18)25(20)14-16-7-9-17(22)10-8-16/h2-5,7-10,15,26H,6,11-14H2,1H3,(H,23,27). The zero-order chi connectivity index (χ0) is 19.2. The van der Waals surface area contributed by atoms with E-state index in [-0.39, 0.29) is 5.91 Å². The Kier molecular flexibility index (Phi) is 6.48. The summed E-state index contributed by atoms with van der Waals surface area (Å²) in [5.74, 6) is 0.887. The number of aliphatic hydroxyl groups is 1. The third kappa shape index (κ3) is 5.31. The molecule has 2 N–H and O–H groups in total. The zero-order valence-corrected chi connectivity index (χ0v) is 16.1. The second kappa shape index (κ2) is 9.02. The van der Waals surface area contributed by atoms with E-state index in [9.17, 15) is 9.90 Å². The molecule has 0 spiro atoms. The highest BCUT2D eigenvalue weighted by Crippen LogP contribution is 2.19. The van der Waals surface area contributed by atoms with Crippen LogP contribution in [0.3, 0.4) is 0 Å². The number of carbonyl (C=O) groups excluding carboxylic acids is 1. The van der Waals surface area contributed by atoms with E-state index in [0.29, 0.717) is 32.4 Å². The van der Waals surface area contributed by atoms with Crippen LogP contribution in [0.25, 0.3) is 11.0 Å². The molecule has 0 saturated heterocycles. The average Bonchev–Trinajstić information content (AvgIpc) is 2.99. The predicted octanol–water partition coefficient (Wildman–Crippen LogP) is 3.56. The van der Waals surface area contributed by atoms with Crippen molar-refractivity contribution in [1.29, 1.82) is 0 Å². The van der Waals surface area contributed by atoms with E-state index in [2.05, 4.69) is 16.0 Å². The Morgan fingerprint density at radius 2 is 1.96 bits per heavy atom. The SMILES string of the molecule is CC(O)CCC(=O)NCCc1nc2ccccc2n1Cc1ccc(Cl)cc1. The maximum absolute atomic E-state index is 11.9. The Morgan fingerprint density at radius 3 is 2.70 bits per heavy atom. The first-order valence-electron chi connectivity index (χ1n) is 9.16. The molecular weight excluding hydrogens is 362 g/mol. The van der Waals surface area contributed by atoms with Crippen LogP contribution in [0.4, 0.5) is 0 Å². The molecule has 0 aliphatic heterocycles. The van der Waals surface area contributed by atoms with Gasteiger partial charge in [-0.25, -0.2) is 4.98 Å². The van der Waals surface area contributed by atoms with Crippen molar-refractivity contribution in [2.45, 2.75) is 38.8 Å². The number of rotatable bonds is 8. The first kappa shape index (κ1) is 19.4. The van der Waals surface area contributed by atoms with Gasteiger partial charge in [0.15, 0.2) is 0 Å². The molecular formula is C21H24ClN3O2. The first-order chi connectivity index (χ1) is 13.0. The van der Waals surface area contributed by atoms with Gasteiger partial charge in [-0.15, -0.1) is 0 Å². The Morgan fingerprint density at radius 1 is 1.22 bits per heavy atom. The highest BCUT2D eigenvalue weighted by atomic mass is 35.5. The van der Waals surface area contributed by atoms with Gasteiger partial charge >= 0.3 is 0 Å². The topological polar surface area (TPSA) is 67.2 Å². The van der Waals surface area contributed by atoms with Gasteiger partial charge in [-0.2, -0.15) is 0 Å². The molecule has 0 saturated carbocycles. The molecule has 0 bridgehead atoms. The van der Waals surface area contributed by atoms with Crippen molar-refractivity contribution >= 4 is 28.5 Å². The van der Waals surface area contributed by atoms with E-state index in [1.807, 2.05) is 42.5 Å². The molecule has 1 unspecified atom stereocenters. The number of benzene rings is 2. The summed E-state index contributed by atoms with van der Waals surface area (Å²) in [6.07, 6.45) is 0.988. The third-order valence-corrected chi connectivity index (χ3v) is 4.70. The van der Waals surface area contributed by atoms with Crippen LogP contribution in [0.2, 0.25) is 5.02 Å². The number of nitrogens with zero attached hydrogens (tertiary/aromatic N) is 2. The first-order valence-corrected chi connectivity index (χ1v) is 9.54. The molecule has 142 valence electrons. The van der Waals surface area contributed by atoms with Crippen molar-refractivity contribution < 1.29 is 9.90 Å². The van der Waals surface area contributed by atoms with Gasteiger partial charge in [0.25, 0.3) is 0 Å². The molecule has 0 radical (unpaired) electrons. The number of amides is 1. The van der Waals surface area contributed by atoms with E-state index in [1.165, 1.54) is 0 Å². The van der Waals surface area contributed by atoms with Crippen LogP contribution in [0.1, 0.15) is 31.2 Å². The maximum Gasteiger partial charge on any atom is 0.220 e. The summed E-state index contributed by atoms with van der Waals surface area (Å²) < 4.78 is 2.18. The fraction of sp³-hybridized carbons (Fsp3) is 0.333. The number of halogens is 1. The number of nitrogens with one attached hydrogen (secondary N) is 1. The van der Waals surface area contributed by atoms with Gasteiger partial charge in [-0.1, -0.05) is 35.9 Å². The molecule has 1 amide bonds. The summed E-state index contributed by atoms with van der Waals surface area (Å²) in [7, 11) is 0. The molecule has 5 nitrogen and oxygen atoms in total.